The van der Waals surface area contributed by atoms with Crippen LogP contribution >= 0.6 is 11.3 Å². The Balaban J connectivity index is 1.15. The molecular weight excluding hydrogens is 735 g/mol. The highest BCUT2D eigenvalue weighted by atomic mass is 32.1. The molecule has 0 bridgehead atoms. The van der Waals surface area contributed by atoms with Crippen molar-refractivity contribution in [3.8, 4) is 50.8 Å². The maximum atomic E-state index is 9.67. The standard InChI is InChI=1S/C55H33N3S/c56-34-35-12-10-13-36(30-35)37-14-11-15-38(31-37)42-27-25-41(33-48(42)39-24-26-45-44-19-6-9-23-52(44)59-53(45)32-39)58-49-21-7-4-18-43(49)46-28-29-51-54(55(46)58)47-20-5-8-22-50(47)57(51)40-16-2-1-3-17-40/h1-33H. The average molecular weight is 768 g/mol. The molecule has 274 valence electrons. The van der Waals surface area contributed by atoms with Crippen LogP contribution in [0.4, 0.5) is 0 Å². The third-order valence-corrected chi connectivity index (χ3v) is 13.1. The van der Waals surface area contributed by atoms with Crippen molar-refractivity contribution in [2.45, 2.75) is 0 Å². The van der Waals surface area contributed by atoms with Crippen molar-refractivity contribution in [1.82, 2.24) is 9.13 Å². The Morgan fingerprint density at radius 3 is 1.88 bits per heavy atom. The van der Waals surface area contributed by atoms with Crippen LogP contribution in [-0.2, 0) is 0 Å². The Morgan fingerprint density at radius 2 is 1.03 bits per heavy atom. The molecule has 3 nitrogen and oxygen atoms in total. The highest BCUT2D eigenvalue weighted by Gasteiger charge is 2.22. The molecule has 0 saturated carbocycles. The van der Waals surface area contributed by atoms with E-state index < -0.39 is 0 Å². The smallest absolute Gasteiger partial charge is 0.0991 e. The number of benzene rings is 9. The normalized spacial score (nSPS) is 11.7. The maximum absolute atomic E-state index is 9.67. The van der Waals surface area contributed by atoms with Crippen molar-refractivity contribution in [1.29, 1.82) is 5.26 Å². The van der Waals surface area contributed by atoms with Gasteiger partial charge in [0.1, 0.15) is 0 Å². The number of hydrogen-bond donors (Lipinski definition) is 0. The predicted octanol–water partition coefficient (Wildman–Crippen LogP) is 15.1. The van der Waals surface area contributed by atoms with Gasteiger partial charge in [-0.25, -0.2) is 0 Å². The van der Waals surface area contributed by atoms with Crippen LogP contribution in [0, 0.1) is 11.3 Å². The lowest BCUT2D eigenvalue weighted by Gasteiger charge is -2.16. The van der Waals surface area contributed by atoms with E-state index in [1.165, 1.54) is 69.3 Å². The Labute approximate surface area is 344 Å². The number of aromatic nitrogens is 2. The van der Waals surface area contributed by atoms with Gasteiger partial charge in [0.15, 0.2) is 0 Å². The highest BCUT2D eigenvalue weighted by Crippen LogP contribution is 2.45. The fourth-order valence-corrected chi connectivity index (χ4v) is 10.5. The lowest BCUT2D eigenvalue weighted by atomic mass is 9.91. The largest absolute Gasteiger partial charge is 0.309 e. The van der Waals surface area contributed by atoms with Crippen molar-refractivity contribution in [2.24, 2.45) is 0 Å². The molecule has 9 aromatic carbocycles. The van der Waals surface area contributed by atoms with E-state index in [2.05, 4.69) is 197 Å². The molecule has 0 aliphatic rings. The molecule has 0 amide bonds. The van der Waals surface area contributed by atoms with Crippen LogP contribution in [-0.4, -0.2) is 9.13 Å². The van der Waals surface area contributed by atoms with Gasteiger partial charge in [0.25, 0.3) is 0 Å². The summed E-state index contributed by atoms with van der Waals surface area (Å²) in [7, 11) is 0. The van der Waals surface area contributed by atoms with Gasteiger partial charge >= 0.3 is 0 Å². The van der Waals surface area contributed by atoms with Gasteiger partial charge in [0, 0.05) is 53.1 Å². The molecule has 0 aliphatic carbocycles. The van der Waals surface area contributed by atoms with Crippen LogP contribution in [0.1, 0.15) is 5.56 Å². The summed E-state index contributed by atoms with van der Waals surface area (Å²) >= 11 is 1.85. The summed E-state index contributed by atoms with van der Waals surface area (Å²) in [5.41, 5.74) is 14.4. The monoisotopic (exact) mass is 767 g/mol. The third-order valence-electron chi connectivity index (χ3n) is 11.9. The Bertz CT molecular complexity index is 3690. The van der Waals surface area contributed by atoms with Crippen molar-refractivity contribution in [3.63, 3.8) is 0 Å². The lowest BCUT2D eigenvalue weighted by Crippen LogP contribution is -1.97. The SMILES string of the molecule is N#Cc1cccc(-c2cccc(-c3ccc(-n4c5ccccc5c5ccc6c(c7ccccc7n6-c6ccccc6)c54)cc3-c3ccc4c(c3)sc3ccccc34)c2)c1. The second kappa shape index (κ2) is 13.2. The number of nitrogens with zero attached hydrogens (tertiary/aromatic N) is 3. The quantitative estimate of drug-likeness (QED) is 0.172. The third kappa shape index (κ3) is 5.19. The second-order valence-electron chi connectivity index (χ2n) is 15.2. The van der Waals surface area contributed by atoms with Gasteiger partial charge in [0.2, 0.25) is 0 Å². The van der Waals surface area contributed by atoms with Crippen LogP contribution in [0.3, 0.4) is 0 Å². The lowest BCUT2D eigenvalue weighted by molar-refractivity contribution is 1.17. The van der Waals surface area contributed by atoms with E-state index in [1.807, 2.05) is 29.5 Å². The predicted molar refractivity (Wildman–Crippen MR) is 249 cm³/mol. The molecule has 0 N–H and O–H groups in total. The van der Waals surface area contributed by atoms with Crippen LogP contribution < -0.4 is 0 Å². The molecular formula is C55H33N3S. The minimum absolute atomic E-state index is 0.654. The molecule has 12 aromatic rings. The molecule has 3 aromatic heterocycles. The Morgan fingerprint density at radius 1 is 0.373 bits per heavy atom. The van der Waals surface area contributed by atoms with Gasteiger partial charge in [-0.15, -0.1) is 11.3 Å². The van der Waals surface area contributed by atoms with E-state index >= 15 is 0 Å². The van der Waals surface area contributed by atoms with Crippen molar-refractivity contribution < 1.29 is 0 Å². The molecule has 12 rings (SSSR count). The van der Waals surface area contributed by atoms with E-state index in [1.54, 1.807) is 0 Å². The first kappa shape index (κ1) is 33.4. The zero-order chi connectivity index (χ0) is 39.0. The van der Waals surface area contributed by atoms with Crippen LogP contribution in [0.5, 0.6) is 0 Å². The molecule has 0 saturated heterocycles. The van der Waals surface area contributed by atoms with Crippen LogP contribution in [0.25, 0.3) is 109 Å². The topological polar surface area (TPSA) is 33.6 Å². The summed E-state index contributed by atoms with van der Waals surface area (Å²) in [6, 6.07) is 74.5. The van der Waals surface area contributed by atoms with E-state index in [4.69, 9.17) is 0 Å². The fourth-order valence-electron chi connectivity index (χ4n) is 9.32. The summed E-state index contributed by atoms with van der Waals surface area (Å²) in [5, 5.41) is 17.2. The molecule has 0 fully saturated rings. The average Bonchev–Trinajstić information content (AvgIpc) is 3.96. The Kier molecular flexibility index (Phi) is 7.47. The van der Waals surface area contributed by atoms with Crippen LogP contribution in [0.15, 0.2) is 200 Å². The van der Waals surface area contributed by atoms with Gasteiger partial charge in [-0.05, 0) is 106 Å². The van der Waals surface area contributed by atoms with Gasteiger partial charge in [-0.1, -0.05) is 127 Å². The molecule has 0 spiro atoms. The van der Waals surface area contributed by atoms with Crippen molar-refractivity contribution >= 4 is 75.1 Å². The summed E-state index contributed by atoms with van der Waals surface area (Å²) < 4.78 is 7.46. The fraction of sp³-hybridized carbons (Fsp3) is 0. The molecule has 3 heterocycles. The minimum atomic E-state index is 0.654. The summed E-state index contributed by atoms with van der Waals surface area (Å²) in [4.78, 5) is 0. The number of rotatable bonds is 5. The summed E-state index contributed by atoms with van der Waals surface area (Å²) in [5.74, 6) is 0. The number of nitriles is 1. The van der Waals surface area contributed by atoms with E-state index in [0.29, 0.717) is 5.56 Å². The molecule has 0 unspecified atom stereocenters. The van der Waals surface area contributed by atoms with Gasteiger partial charge < -0.3 is 9.13 Å². The number of hydrogen-bond acceptors (Lipinski definition) is 2. The minimum Gasteiger partial charge on any atom is -0.309 e. The highest BCUT2D eigenvalue weighted by molar-refractivity contribution is 7.25. The van der Waals surface area contributed by atoms with Crippen LogP contribution in [0.2, 0.25) is 0 Å². The molecule has 0 atom stereocenters. The van der Waals surface area contributed by atoms with Crippen molar-refractivity contribution in [2.75, 3.05) is 0 Å². The number of thiophene rings is 1. The van der Waals surface area contributed by atoms with E-state index in [-0.39, 0.29) is 0 Å². The molecule has 59 heavy (non-hydrogen) atoms. The zero-order valence-corrected chi connectivity index (χ0v) is 32.6. The first-order valence-corrected chi connectivity index (χ1v) is 20.7. The first-order chi connectivity index (χ1) is 29.2. The van der Waals surface area contributed by atoms with Gasteiger partial charge in [0.05, 0.1) is 33.7 Å². The van der Waals surface area contributed by atoms with Gasteiger partial charge in [-0.3, -0.25) is 0 Å². The second-order valence-corrected chi connectivity index (χ2v) is 16.3. The first-order valence-electron chi connectivity index (χ1n) is 19.9. The molecule has 4 heteroatoms. The summed E-state index contributed by atoms with van der Waals surface area (Å²) in [6.07, 6.45) is 0. The zero-order valence-electron chi connectivity index (χ0n) is 31.8. The van der Waals surface area contributed by atoms with Crippen molar-refractivity contribution in [3.05, 3.63) is 206 Å². The Hall–Kier alpha value is -7.71. The van der Waals surface area contributed by atoms with E-state index in [0.717, 1.165) is 39.2 Å². The molecule has 0 radical (unpaired) electrons. The van der Waals surface area contributed by atoms with Gasteiger partial charge in [-0.2, -0.15) is 5.26 Å². The maximum Gasteiger partial charge on any atom is 0.0991 e. The molecule has 0 aliphatic heterocycles. The van der Waals surface area contributed by atoms with E-state index in [9.17, 15) is 5.26 Å². The number of para-hydroxylation sites is 3. The summed E-state index contributed by atoms with van der Waals surface area (Å²) in [6.45, 7) is 0. The number of fused-ring (bicyclic) bond motifs is 10.